The molecule has 0 radical (unpaired) electrons. The van der Waals surface area contributed by atoms with Gasteiger partial charge in [-0.05, 0) is 54.2 Å². The molecule has 8 heteroatoms. The summed E-state index contributed by atoms with van der Waals surface area (Å²) in [5, 5.41) is 6.06. The van der Waals surface area contributed by atoms with Gasteiger partial charge in [-0.15, -0.1) is 0 Å². The average molecular weight is 472 g/mol. The molecule has 30 heavy (non-hydrogen) atoms. The fourth-order valence-electron chi connectivity index (χ4n) is 4.78. The number of aromatic amines is 1. The van der Waals surface area contributed by atoms with Crippen molar-refractivity contribution in [2.75, 3.05) is 19.7 Å². The lowest BCUT2D eigenvalue weighted by atomic mass is 9.61. The van der Waals surface area contributed by atoms with E-state index < -0.39 is 0 Å². The molecule has 2 aliphatic rings. The van der Waals surface area contributed by atoms with E-state index in [1.807, 2.05) is 17.2 Å². The number of halogens is 1. The summed E-state index contributed by atoms with van der Waals surface area (Å²) in [5.74, 6) is 0. The molecule has 7 nitrogen and oxygen atoms in total. The van der Waals surface area contributed by atoms with Gasteiger partial charge in [-0.3, -0.25) is 9.67 Å². The highest BCUT2D eigenvalue weighted by Crippen LogP contribution is 2.54. The van der Waals surface area contributed by atoms with Crippen LogP contribution in [0.1, 0.15) is 44.3 Å². The third-order valence-electron chi connectivity index (χ3n) is 6.47. The Labute approximate surface area is 183 Å². The quantitative estimate of drug-likeness (QED) is 0.526. The van der Waals surface area contributed by atoms with Gasteiger partial charge in [0, 0.05) is 30.1 Å². The average Bonchev–Trinajstić information content (AvgIpc) is 3.22. The van der Waals surface area contributed by atoms with E-state index in [2.05, 4.69) is 50.5 Å². The molecular weight excluding hydrogens is 446 g/mol. The van der Waals surface area contributed by atoms with Crippen LogP contribution in [0, 0.1) is 12.3 Å². The first-order valence-corrected chi connectivity index (χ1v) is 11.4. The molecular formula is C22H26BrN5O2. The fourth-order valence-corrected chi connectivity index (χ4v) is 5.26. The van der Waals surface area contributed by atoms with Crippen LogP contribution >= 0.6 is 15.9 Å². The Hall–Kier alpha value is -2.35. The number of nitrogens with zero attached hydrogens (tertiary/aromatic N) is 4. The number of unbranched alkanes of at least 4 members (excludes halogenated alkanes) is 1. The van der Waals surface area contributed by atoms with Crippen molar-refractivity contribution in [2.24, 2.45) is 5.41 Å². The molecule has 5 rings (SSSR count). The number of rotatable bonds is 5. The highest BCUT2D eigenvalue weighted by atomic mass is 79.9. The maximum absolute atomic E-state index is 12.1. The second-order valence-electron chi connectivity index (χ2n) is 8.72. The molecule has 1 aliphatic carbocycles. The molecule has 0 bridgehead atoms. The van der Waals surface area contributed by atoms with Gasteiger partial charge in [0.15, 0.2) is 0 Å². The minimum Gasteiger partial charge on any atom is -0.449 e. The number of amides is 1. The molecule has 1 aliphatic heterocycles. The summed E-state index contributed by atoms with van der Waals surface area (Å²) < 4.78 is 8.50. The standard InChI is InChI=1S/C22H26BrN5O2/c1-3-4-7-30-21(29)27-12-22(13-27)9-16(10-22)28-14(2)19(23)20(26-28)17-8-15-5-6-24-11-18(15)25-17/h5-6,8,11,16,25H,3-4,7,9-10,12-13H2,1-2H3. The summed E-state index contributed by atoms with van der Waals surface area (Å²) in [5.41, 5.74) is 4.31. The first-order chi connectivity index (χ1) is 14.5. The minimum absolute atomic E-state index is 0.161. The van der Waals surface area contributed by atoms with Crippen LogP contribution in [0.2, 0.25) is 0 Å². The minimum atomic E-state index is -0.161. The summed E-state index contributed by atoms with van der Waals surface area (Å²) in [6, 6.07) is 4.49. The van der Waals surface area contributed by atoms with Crippen molar-refractivity contribution in [1.82, 2.24) is 24.6 Å². The van der Waals surface area contributed by atoms with E-state index in [9.17, 15) is 4.79 Å². The van der Waals surface area contributed by atoms with E-state index in [4.69, 9.17) is 9.84 Å². The highest BCUT2D eigenvalue weighted by Gasteiger charge is 2.55. The van der Waals surface area contributed by atoms with Crippen molar-refractivity contribution in [3.8, 4) is 11.4 Å². The van der Waals surface area contributed by atoms with Gasteiger partial charge in [-0.25, -0.2) is 4.79 Å². The van der Waals surface area contributed by atoms with E-state index in [0.717, 1.165) is 71.2 Å². The lowest BCUT2D eigenvalue weighted by Gasteiger charge is -2.58. The van der Waals surface area contributed by atoms with Crippen molar-refractivity contribution >= 4 is 32.9 Å². The highest BCUT2D eigenvalue weighted by molar-refractivity contribution is 9.10. The zero-order valence-electron chi connectivity index (χ0n) is 17.3. The van der Waals surface area contributed by atoms with Crippen molar-refractivity contribution in [3.63, 3.8) is 0 Å². The third kappa shape index (κ3) is 3.21. The molecule has 0 aromatic carbocycles. The molecule has 1 amide bonds. The topological polar surface area (TPSA) is 76.0 Å². The Morgan fingerprint density at radius 2 is 2.20 bits per heavy atom. The van der Waals surface area contributed by atoms with Crippen molar-refractivity contribution in [1.29, 1.82) is 0 Å². The molecule has 1 N–H and O–H groups in total. The number of nitrogens with one attached hydrogen (secondary N) is 1. The number of likely N-dealkylation sites (tertiary alicyclic amines) is 1. The second-order valence-corrected chi connectivity index (χ2v) is 9.52. The molecule has 0 atom stereocenters. The molecule has 2 fully saturated rings. The summed E-state index contributed by atoms with van der Waals surface area (Å²) in [6.45, 7) is 6.33. The second kappa shape index (κ2) is 7.41. The molecule has 3 aromatic heterocycles. The first-order valence-electron chi connectivity index (χ1n) is 10.6. The number of carbonyl (C=O) groups excluding carboxylic acids is 1. The Balaban J connectivity index is 1.25. The lowest BCUT2D eigenvalue weighted by molar-refractivity contribution is -0.0825. The van der Waals surface area contributed by atoms with Gasteiger partial charge in [0.05, 0.1) is 40.2 Å². The molecule has 3 aromatic rings. The van der Waals surface area contributed by atoms with Crippen LogP contribution in [0.3, 0.4) is 0 Å². The SMILES string of the molecule is CCCCOC(=O)N1CC2(CC(n3nc(-c4cc5ccncc5[nH]4)c(Br)c3C)C2)C1. The number of aromatic nitrogens is 4. The van der Waals surface area contributed by atoms with Crippen LogP contribution in [0.25, 0.3) is 22.3 Å². The van der Waals surface area contributed by atoms with Gasteiger partial charge in [0.1, 0.15) is 5.69 Å². The van der Waals surface area contributed by atoms with E-state index in [1.54, 1.807) is 6.20 Å². The molecule has 0 unspecified atom stereocenters. The number of hydrogen-bond donors (Lipinski definition) is 1. The lowest BCUT2D eigenvalue weighted by Crippen LogP contribution is -2.64. The van der Waals surface area contributed by atoms with Gasteiger partial charge in [-0.2, -0.15) is 5.10 Å². The van der Waals surface area contributed by atoms with Crippen molar-refractivity contribution < 1.29 is 9.53 Å². The monoisotopic (exact) mass is 471 g/mol. The van der Waals surface area contributed by atoms with Gasteiger partial charge < -0.3 is 14.6 Å². The number of fused-ring (bicyclic) bond motifs is 1. The van der Waals surface area contributed by atoms with Gasteiger partial charge in [-0.1, -0.05) is 13.3 Å². The number of pyridine rings is 1. The molecule has 1 spiro atoms. The van der Waals surface area contributed by atoms with Crippen LogP contribution < -0.4 is 0 Å². The van der Waals surface area contributed by atoms with Gasteiger partial charge in [0.25, 0.3) is 0 Å². The number of ether oxygens (including phenoxy) is 1. The van der Waals surface area contributed by atoms with Crippen molar-refractivity contribution in [2.45, 2.75) is 45.6 Å². The van der Waals surface area contributed by atoms with Gasteiger partial charge >= 0.3 is 6.09 Å². The fraction of sp³-hybridized carbons (Fsp3) is 0.500. The van der Waals surface area contributed by atoms with Crippen LogP contribution in [-0.4, -0.2) is 50.4 Å². The predicted octanol–water partition coefficient (Wildman–Crippen LogP) is 5.07. The van der Waals surface area contributed by atoms with E-state index in [0.29, 0.717) is 12.6 Å². The van der Waals surface area contributed by atoms with E-state index in [-0.39, 0.29) is 11.5 Å². The normalized spacial score (nSPS) is 17.9. The Bertz CT molecular complexity index is 1060. The maximum atomic E-state index is 12.1. The zero-order chi connectivity index (χ0) is 20.9. The Morgan fingerprint density at radius 3 is 2.93 bits per heavy atom. The number of H-pyrrole nitrogens is 1. The summed E-state index contributed by atoms with van der Waals surface area (Å²) in [7, 11) is 0. The van der Waals surface area contributed by atoms with Gasteiger partial charge in [0.2, 0.25) is 0 Å². The van der Waals surface area contributed by atoms with E-state index in [1.165, 1.54) is 0 Å². The van der Waals surface area contributed by atoms with E-state index >= 15 is 0 Å². The third-order valence-corrected chi connectivity index (χ3v) is 7.42. The molecule has 158 valence electrons. The summed E-state index contributed by atoms with van der Waals surface area (Å²) >= 11 is 3.75. The summed E-state index contributed by atoms with van der Waals surface area (Å²) in [4.78, 5) is 21.5. The Morgan fingerprint density at radius 1 is 1.40 bits per heavy atom. The van der Waals surface area contributed by atoms with Crippen LogP contribution in [-0.2, 0) is 4.74 Å². The Kier molecular flexibility index (Phi) is 4.84. The van der Waals surface area contributed by atoms with Crippen LogP contribution in [0.15, 0.2) is 29.0 Å². The maximum Gasteiger partial charge on any atom is 0.409 e. The summed E-state index contributed by atoms with van der Waals surface area (Å²) in [6.07, 6.45) is 7.54. The number of carbonyl (C=O) groups is 1. The zero-order valence-corrected chi connectivity index (χ0v) is 18.9. The number of hydrogen-bond acceptors (Lipinski definition) is 4. The first kappa shape index (κ1) is 19.6. The van der Waals surface area contributed by atoms with Crippen molar-refractivity contribution in [3.05, 3.63) is 34.7 Å². The molecule has 1 saturated heterocycles. The largest absolute Gasteiger partial charge is 0.449 e. The molecule has 1 saturated carbocycles. The predicted molar refractivity (Wildman–Crippen MR) is 118 cm³/mol. The smallest absolute Gasteiger partial charge is 0.409 e. The van der Waals surface area contributed by atoms with Crippen LogP contribution in [0.4, 0.5) is 4.79 Å². The molecule has 4 heterocycles. The van der Waals surface area contributed by atoms with Crippen LogP contribution in [0.5, 0.6) is 0 Å².